The maximum atomic E-state index is 11.2. The summed E-state index contributed by atoms with van der Waals surface area (Å²) in [5.74, 6) is -8.36. The molecule has 1 unspecified atom stereocenters. The second-order valence-electron chi connectivity index (χ2n) is 3.93. The molecular weight excluding hydrogens is 372 g/mol. The average molecular weight is 383 g/mol. The van der Waals surface area contributed by atoms with Crippen molar-refractivity contribution < 1.29 is 143 Å². The Morgan fingerprint density at radius 2 is 1.13 bits per heavy atom. The van der Waals surface area contributed by atoms with Gasteiger partial charge >= 0.3 is 120 Å². The third kappa shape index (κ3) is 9.34. The summed E-state index contributed by atoms with van der Waals surface area (Å²) in [7, 11) is -5.63. The fraction of sp³-hybridized carbons (Fsp3) is 0.500. The Morgan fingerprint density at radius 3 is 1.26 bits per heavy atom. The maximum Gasteiger partial charge on any atom is 1.00 e. The second-order valence-corrected chi connectivity index (χ2v) is 5.63. The van der Waals surface area contributed by atoms with Crippen LogP contribution in [0.5, 0.6) is 0 Å². The van der Waals surface area contributed by atoms with E-state index >= 15 is 0 Å². The molecule has 15 heteroatoms. The zero-order valence-corrected chi connectivity index (χ0v) is 19.6. The molecule has 0 rings (SSSR count). The van der Waals surface area contributed by atoms with Gasteiger partial charge in [0.2, 0.25) is 0 Å². The molecule has 0 bridgehead atoms. The summed E-state index contributed by atoms with van der Waals surface area (Å²) in [6.45, 7) is 0. The monoisotopic (exact) mass is 383 g/mol. The van der Waals surface area contributed by atoms with E-state index in [1.165, 1.54) is 0 Å². The van der Waals surface area contributed by atoms with Crippen molar-refractivity contribution in [1.82, 2.24) is 0 Å². The Bertz CT molecular complexity index is 486. The maximum absolute atomic E-state index is 11.2. The van der Waals surface area contributed by atoms with Gasteiger partial charge in [0, 0.05) is 0 Å². The first-order chi connectivity index (χ1) is 8.84. The first-order valence-electron chi connectivity index (χ1n) is 4.79. The van der Waals surface area contributed by atoms with Crippen LogP contribution in [0.4, 0.5) is 0 Å². The molecular formula is C8H11Na3O11P+3. The third-order valence-electron chi connectivity index (χ3n) is 2.45. The fourth-order valence-electron chi connectivity index (χ4n) is 1.77. The van der Waals surface area contributed by atoms with Crippen LogP contribution in [0.1, 0.15) is 12.8 Å². The van der Waals surface area contributed by atoms with Gasteiger partial charge in [-0.2, -0.15) is 0 Å². The summed E-state index contributed by atoms with van der Waals surface area (Å²) in [5.41, 5.74) is -6.18. The second kappa shape index (κ2) is 12.4. The Balaban J connectivity index is -0.000000602. The molecule has 0 amide bonds. The fourth-order valence-corrected chi connectivity index (χ4v) is 2.99. The topological polar surface area (TPSA) is 207 Å². The van der Waals surface area contributed by atoms with Crippen molar-refractivity contribution in [1.29, 1.82) is 0 Å². The summed E-state index contributed by atoms with van der Waals surface area (Å²) in [5, 5.41) is 35.0. The zero-order chi connectivity index (χ0) is 16.3. The van der Waals surface area contributed by atoms with Crippen molar-refractivity contribution >= 4 is 31.5 Å². The molecule has 0 fully saturated rings. The first kappa shape index (κ1) is 31.8. The van der Waals surface area contributed by atoms with Gasteiger partial charge in [-0.3, -0.25) is 23.7 Å². The first-order valence-corrected chi connectivity index (χ1v) is 6.47. The quantitative estimate of drug-likeness (QED) is 0.171. The van der Waals surface area contributed by atoms with Crippen LogP contribution in [-0.2, 0) is 23.7 Å². The van der Waals surface area contributed by atoms with E-state index in [1.54, 1.807) is 0 Å². The Labute approximate surface area is 195 Å². The molecule has 0 saturated carbocycles. The number of aliphatic carboxylic acids is 4. The van der Waals surface area contributed by atoms with Gasteiger partial charge in [0.05, 0.1) is 12.8 Å². The summed E-state index contributed by atoms with van der Waals surface area (Å²) < 4.78 is 11.2. The number of hydrogen-bond donors (Lipinski definition) is 6. The molecule has 0 aromatic rings. The molecule has 0 aliphatic heterocycles. The van der Waals surface area contributed by atoms with Crippen LogP contribution in [0.25, 0.3) is 0 Å². The van der Waals surface area contributed by atoms with Gasteiger partial charge in [-0.25, -0.2) is 0 Å². The van der Waals surface area contributed by atoms with E-state index in [2.05, 4.69) is 0 Å². The molecule has 11 nitrogen and oxygen atoms in total. The van der Waals surface area contributed by atoms with Gasteiger partial charge in [0.15, 0.2) is 5.66 Å². The van der Waals surface area contributed by atoms with Gasteiger partial charge in [0.1, 0.15) is 5.41 Å². The number of hydrogen-bond acceptors (Lipinski definition) is 5. The molecule has 0 saturated heterocycles. The van der Waals surface area contributed by atoms with E-state index in [1.807, 2.05) is 0 Å². The summed E-state index contributed by atoms with van der Waals surface area (Å²) in [6, 6.07) is 0. The number of carbonyl (C=O) groups is 4. The van der Waals surface area contributed by atoms with E-state index < -0.39 is 55.4 Å². The van der Waals surface area contributed by atoms with Crippen LogP contribution in [0.2, 0.25) is 0 Å². The van der Waals surface area contributed by atoms with E-state index in [0.29, 0.717) is 0 Å². The molecule has 0 radical (unpaired) electrons. The molecule has 1 atom stereocenters. The zero-order valence-electron chi connectivity index (χ0n) is 12.7. The van der Waals surface area contributed by atoms with Crippen LogP contribution in [0, 0.1) is 5.41 Å². The van der Waals surface area contributed by atoms with Gasteiger partial charge in [0.25, 0.3) is 0 Å². The standard InChI is InChI=1S/C8H11O11P.3Na/c9-3(10)1-8(7(15)16,2-4(11)12)5(6(13)14)20(17,18)19;;;/h5H,1-2H2,(H,9,10)(H,11,12)(H,13,14)(H,15,16)(H2,17,18,19);;;/q;3*+1. The van der Waals surface area contributed by atoms with Crippen molar-refractivity contribution in [2.24, 2.45) is 5.41 Å². The SMILES string of the molecule is O=C(O)CC(CC(=O)O)(C(=O)O)C(C(=O)O)P(=O)(O)O.[Na+].[Na+].[Na+]. The Hall–Kier alpha value is 1.03. The molecule has 0 spiro atoms. The Kier molecular flexibility index (Phi) is 17.1. The van der Waals surface area contributed by atoms with Crippen molar-refractivity contribution in [3.8, 4) is 0 Å². The van der Waals surface area contributed by atoms with Crippen molar-refractivity contribution in [2.45, 2.75) is 18.5 Å². The predicted molar refractivity (Wildman–Crippen MR) is 58.0 cm³/mol. The number of carboxylic acids is 4. The average Bonchev–Trinajstić information content (AvgIpc) is 2.10. The van der Waals surface area contributed by atoms with Crippen LogP contribution >= 0.6 is 7.60 Å². The largest absolute Gasteiger partial charge is 1.00 e. The van der Waals surface area contributed by atoms with Crippen LogP contribution in [0.3, 0.4) is 0 Å². The number of rotatable bonds is 8. The minimum absolute atomic E-state index is 0. The van der Waals surface area contributed by atoms with Gasteiger partial charge in [-0.15, -0.1) is 0 Å². The molecule has 0 aromatic carbocycles. The molecule has 0 aliphatic rings. The molecule has 114 valence electrons. The molecule has 0 aromatic heterocycles. The van der Waals surface area contributed by atoms with Gasteiger partial charge in [-0.05, 0) is 0 Å². The van der Waals surface area contributed by atoms with Crippen molar-refractivity contribution in [3.05, 3.63) is 0 Å². The van der Waals surface area contributed by atoms with E-state index in [0.717, 1.165) is 0 Å². The van der Waals surface area contributed by atoms with E-state index in [4.69, 9.17) is 30.2 Å². The summed E-state index contributed by atoms with van der Waals surface area (Å²) in [6.07, 6.45) is -3.15. The molecule has 0 aliphatic carbocycles. The van der Waals surface area contributed by atoms with Crippen molar-refractivity contribution in [2.75, 3.05) is 0 Å². The molecule has 0 heterocycles. The third-order valence-corrected chi connectivity index (χ3v) is 3.84. The normalized spacial score (nSPS) is 11.7. The van der Waals surface area contributed by atoms with Crippen LogP contribution < -0.4 is 88.7 Å². The van der Waals surface area contributed by atoms with E-state index in [9.17, 15) is 23.7 Å². The van der Waals surface area contributed by atoms with E-state index in [-0.39, 0.29) is 88.7 Å². The molecule has 23 heavy (non-hydrogen) atoms. The van der Waals surface area contributed by atoms with Crippen LogP contribution in [0.15, 0.2) is 0 Å². The molecule has 6 N–H and O–H groups in total. The smallest absolute Gasteiger partial charge is 0.481 e. The van der Waals surface area contributed by atoms with Gasteiger partial charge in [-0.1, -0.05) is 0 Å². The summed E-state index contributed by atoms with van der Waals surface area (Å²) >= 11 is 0. The summed E-state index contributed by atoms with van der Waals surface area (Å²) in [4.78, 5) is 61.3. The minimum Gasteiger partial charge on any atom is -0.481 e. The van der Waals surface area contributed by atoms with Crippen molar-refractivity contribution in [3.63, 3.8) is 0 Å². The Morgan fingerprint density at radius 1 is 0.826 bits per heavy atom. The van der Waals surface area contributed by atoms with Gasteiger partial charge < -0.3 is 30.2 Å². The van der Waals surface area contributed by atoms with Crippen LogP contribution in [-0.4, -0.2) is 59.7 Å². The number of carboxylic acid groups (broad SMARTS) is 4. The predicted octanol–water partition coefficient (Wildman–Crippen LogP) is -10.4. The minimum atomic E-state index is -5.63.